The van der Waals surface area contributed by atoms with Gasteiger partial charge in [-0.15, -0.1) is 0 Å². The van der Waals surface area contributed by atoms with Crippen LogP contribution in [0.25, 0.3) is 5.57 Å². The molecule has 0 radical (unpaired) electrons. The normalized spacial score (nSPS) is 14.1. The topological polar surface area (TPSA) is 58.6 Å². The van der Waals surface area contributed by atoms with Crippen molar-refractivity contribution >= 4 is 34.7 Å². The van der Waals surface area contributed by atoms with Gasteiger partial charge in [0.05, 0.1) is 5.57 Å². The van der Waals surface area contributed by atoms with E-state index in [0.717, 1.165) is 27.9 Å². The molecule has 1 heterocycles. The third kappa shape index (κ3) is 4.58. The first-order valence-electron chi connectivity index (χ1n) is 10.1. The summed E-state index contributed by atoms with van der Waals surface area (Å²) in [6.45, 7) is 9.27. The SMILES string of the molecule is CCOCCCN1C(=O)C(Nc2ccc(Cl)cc2C)=C(c2ccc(C)c(C)c2)C1=O. The van der Waals surface area contributed by atoms with E-state index < -0.39 is 0 Å². The summed E-state index contributed by atoms with van der Waals surface area (Å²) in [5, 5.41) is 3.83. The lowest BCUT2D eigenvalue weighted by molar-refractivity contribution is -0.137. The molecule has 0 fully saturated rings. The molecule has 0 saturated carbocycles. The number of rotatable bonds is 8. The largest absolute Gasteiger partial charge is 0.382 e. The summed E-state index contributed by atoms with van der Waals surface area (Å²) in [7, 11) is 0. The summed E-state index contributed by atoms with van der Waals surface area (Å²) in [5.74, 6) is -0.604. The second-order valence-corrected chi connectivity index (χ2v) is 7.88. The van der Waals surface area contributed by atoms with Gasteiger partial charge in [0, 0.05) is 30.5 Å². The zero-order valence-corrected chi connectivity index (χ0v) is 18.6. The molecule has 0 aromatic heterocycles. The molecule has 3 rings (SSSR count). The molecule has 5 nitrogen and oxygen atoms in total. The Hall–Kier alpha value is -2.63. The Morgan fingerprint density at radius 1 is 0.967 bits per heavy atom. The number of hydrogen-bond donors (Lipinski definition) is 1. The van der Waals surface area contributed by atoms with Crippen LogP contribution in [0, 0.1) is 20.8 Å². The van der Waals surface area contributed by atoms with Crippen LogP contribution in [0.3, 0.4) is 0 Å². The van der Waals surface area contributed by atoms with Crippen LogP contribution >= 0.6 is 11.6 Å². The van der Waals surface area contributed by atoms with E-state index >= 15 is 0 Å². The maximum atomic E-state index is 13.3. The fraction of sp³-hybridized carbons (Fsp3) is 0.333. The second-order valence-electron chi connectivity index (χ2n) is 7.45. The molecular formula is C24H27ClN2O3. The number of anilines is 1. The molecule has 2 aromatic carbocycles. The van der Waals surface area contributed by atoms with E-state index in [1.807, 2.05) is 58.0 Å². The van der Waals surface area contributed by atoms with Crippen LogP contribution in [-0.4, -0.2) is 36.5 Å². The van der Waals surface area contributed by atoms with Crippen LogP contribution in [0.1, 0.15) is 35.6 Å². The predicted molar refractivity (Wildman–Crippen MR) is 120 cm³/mol. The minimum Gasteiger partial charge on any atom is -0.382 e. The van der Waals surface area contributed by atoms with Crippen molar-refractivity contribution in [2.24, 2.45) is 0 Å². The van der Waals surface area contributed by atoms with Gasteiger partial charge in [0.15, 0.2) is 0 Å². The van der Waals surface area contributed by atoms with Crippen molar-refractivity contribution in [2.45, 2.75) is 34.1 Å². The molecule has 158 valence electrons. The number of ether oxygens (including phenoxy) is 1. The number of benzene rings is 2. The first kappa shape index (κ1) is 22.1. The smallest absolute Gasteiger partial charge is 0.278 e. The first-order chi connectivity index (χ1) is 14.3. The van der Waals surface area contributed by atoms with E-state index in [2.05, 4.69) is 5.32 Å². The molecule has 2 amide bonds. The van der Waals surface area contributed by atoms with Crippen LogP contribution in [0.4, 0.5) is 5.69 Å². The highest BCUT2D eigenvalue weighted by molar-refractivity contribution is 6.36. The van der Waals surface area contributed by atoms with Gasteiger partial charge in [-0.1, -0.05) is 29.8 Å². The first-order valence-corrected chi connectivity index (χ1v) is 10.5. The van der Waals surface area contributed by atoms with Gasteiger partial charge >= 0.3 is 0 Å². The van der Waals surface area contributed by atoms with Crippen molar-refractivity contribution in [3.63, 3.8) is 0 Å². The van der Waals surface area contributed by atoms with E-state index in [-0.39, 0.29) is 11.8 Å². The van der Waals surface area contributed by atoms with Crippen molar-refractivity contribution in [2.75, 3.05) is 25.1 Å². The lowest BCUT2D eigenvalue weighted by atomic mass is 9.99. The summed E-state index contributed by atoms with van der Waals surface area (Å²) in [6, 6.07) is 11.2. The zero-order valence-electron chi connectivity index (χ0n) is 17.8. The maximum absolute atomic E-state index is 13.3. The Labute approximate surface area is 182 Å². The highest BCUT2D eigenvalue weighted by Crippen LogP contribution is 2.32. The van der Waals surface area contributed by atoms with Crippen LogP contribution in [0.5, 0.6) is 0 Å². The van der Waals surface area contributed by atoms with Crippen molar-refractivity contribution in [1.29, 1.82) is 0 Å². The quantitative estimate of drug-likeness (QED) is 0.482. The molecule has 0 atom stereocenters. The van der Waals surface area contributed by atoms with Gasteiger partial charge in [-0.25, -0.2) is 0 Å². The van der Waals surface area contributed by atoms with Crippen LogP contribution in [-0.2, 0) is 14.3 Å². The summed E-state index contributed by atoms with van der Waals surface area (Å²) < 4.78 is 5.36. The van der Waals surface area contributed by atoms with E-state index in [4.69, 9.17) is 16.3 Å². The monoisotopic (exact) mass is 426 g/mol. The van der Waals surface area contributed by atoms with Crippen LogP contribution in [0.15, 0.2) is 42.1 Å². The number of nitrogens with one attached hydrogen (secondary N) is 1. The highest BCUT2D eigenvalue weighted by atomic mass is 35.5. The molecule has 0 bridgehead atoms. The number of halogens is 1. The van der Waals surface area contributed by atoms with Gasteiger partial charge in [0.1, 0.15) is 5.70 Å². The van der Waals surface area contributed by atoms with Crippen molar-refractivity contribution in [3.8, 4) is 0 Å². The van der Waals surface area contributed by atoms with Gasteiger partial charge < -0.3 is 10.1 Å². The molecule has 1 N–H and O–H groups in total. The van der Waals surface area contributed by atoms with Gasteiger partial charge in [0.25, 0.3) is 11.8 Å². The summed E-state index contributed by atoms with van der Waals surface area (Å²) in [5.41, 5.74) is 5.26. The molecule has 0 spiro atoms. The van der Waals surface area contributed by atoms with E-state index in [1.54, 1.807) is 6.07 Å². The predicted octanol–water partition coefficient (Wildman–Crippen LogP) is 4.88. The van der Waals surface area contributed by atoms with E-state index in [9.17, 15) is 9.59 Å². The number of amides is 2. The van der Waals surface area contributed by atoms with Crippen molar-refractivity contribution in [1.82, 2.24) is 4.90 Å². The number of carbonyl (C=O) groups excluding carboxylic acids is 2. The number of hydrogen-bond acceptors (Lipinski definition) is 4. The van der Waals surface area contributed by atoms with Gasteiger partial charge in [-0.3, -0.25) is 14.5 Å². The molecule has 1 aliphatic rings. The summed E-state index contributed by atoms with van der Waals surface area (Å²) >= 11 is 6.07. The lowest BCUT2D eigenvalue weighted by Gasteiger charge is -2.15. The number of aryl methyl sites for hydroxylation is 3. The van der Waals surface area contributed by atoms with E-state index in [0.29, 0.717) is 42.5 Å². The van der Waals surface area contributed by atoms with Crippen LogP contribution in [0.2, 0.25) is 5.02 Å². The van der Waals surface area contributed by atoms with Gasteiger partial charge in [-0.2, -0.15) is 0 Å². The maximum Gasteiger partial charge on any atom is 0.278 e. The Kier molecular flexibility index (Phi) is 6.95. The average Bonchev–Trinajstić information content (AvgIpc) is 2.93. The van der Waals surface area contributed by atoms with Crippen molar-refractivity contribution in [3.05, 3.63) is 69.4 Å². The Bertz CT molecular complexity index is 1010. The third-order valence-corrected chi connectivity index (χ3v) is 5.52. The number of nitrogens with zero attached hydrogens (tertiary/aromatic N) is 1. The zero-order chi connectivity index (χ0) is 21.8. The molecule has 30 heavy (non-hydrogen) atoms. The summed E-state index contributed by atoms with van der Waals surface area (Å²) in [4.78, 5) is 27.8. The molecule has 1 aliphatic heterocycles. The molecule has 2 aromatic rings. The minimum absolute atomic E-state index is 0.283. The molecule has 0 aliphatic carbocycles. The van der Waals surface area contributed by atoms with Gasteiger partial charge in [0.2, 0.25) is 0 Å². The van der Waals surface area contributed by atoms with Crippen LogP contribution < -0.4 is 5.32 Å². The fourth-order valence-electron chi connectivity index (χ4n) is 3.43. The second kappa shape index (κ2) is 9.45. The van der Waals surface area contributed by atoms with Crippen molar-refractivity contribution < 1.29 is 14.3 Å². The minimum atomic E-state index is -0.320. The van der Waals surface area contributed by atoms with Gasteiger partial charge in [-0.05, 0) is 74.6 Å². The Morgan fingerprint density at radius 2 is 1.73 bits per heavy atom. The standard InChI is InChI=1S/C24H27ClN2O3/c1-5-30-12-6-11-27-23(28)21(18-8-7-15(2)16(3)13-18)22(24(27)29)26-20-10-9-19(25)14-17(20)4/h7-10,13-14,26H,5-6,11-12H2,1-4H3. The lowest BCUT2D eigenvalue weighted by Crippen LogP contribution is -2.34. The molecule has 0 unspecified atom stereocenters. The third-order valence-electron chi connectivity index (χ3n) is 5.29. The summed E-state index contributed by atoms with van der Waals surface area (Å²) in [6.07, 6.45) is 0.596. The average molecular weight is 427 g/mol. The number of carbonyl (C=O) groups is 2. The Balaban J connectivity index is 2.00. The molecule has 6 heteroatoms. The molecular weight excluding hydrogens is 400 g/mol. The number of imide groups is 1. The highest BCUT2D eigenvalue weighted by Gasteiger charge is 2.39. The molecule has 0 saturated heterocycles. The fourth-order valence-corrected chi connectivity index (χ4v) is 3.66. The van der Waals surface area contributed by atoms with E-state index in [1.165, 1.54) is 4.90 Å². The Morgan fingerprint density at radius 3 is 2.40 bits per heavy atom.